The normalized spacial score (nSPS) is 11.4. The number of aryl methyl sites for hydroxylation is 1. The molecule has 0 unspecified atom stereocenters. The summed E-state index contributed by atoms with van der Waals surface area (Å²) in [7, 11) is -3.24. The van der Waals surface area contributed by atoms with E-state index in [-0.39, 0.29) is 12.4 Å². The van der Waals surface area contributed by atoms with Crippen LogP contribution in [0.1, 0.15) is 12.1 Å². The molecule has 102 valence electrons. The Hall–Kier alpha value is -1.82. The molecule has 0 fully saturated rings. The highest BCUT2D eigenvalue weighted by Gasteiger charge is 2.13. The molecule has 0 aliphatic rings. The molecule has 2 aromatic rings. The molecule has 0 radical (unpaired) electrons. The summed E-state index contributed by atoms with van der Waals surface area (Å²) >= 11 is 0. The minimum absolute atomic E-state index is 0.0458. The van der Waals surface area contributed by atoms with Crippen molar-refractivity contribution in [2.45, 2.75) is 18.2 Å². The largest absolute Gasteiger partial charge is 0.464 e. The van der Waals surface area contributed by atoms with E-state index in [1.54, 1.807) is 43.3 Å². The molecule has 1 aromatic heterocycles. The van der Waals surface area contributed by atoms with Crippen LogP contribution >= 0.6 is 0 Å². The molecule has 1 heterocycles. The average molecular weight is 281 g/mol. The molecule has 0 aliphatic carbocycles. The highest BCUT2D eigenvalue weighted by Crippen LogP contribution is 2.13. The zero-order valence-electron chi connectivity index (χ0n) is 10.6. The molecule has 0 amide bonds. The van der Waals surface area contributed by atoms with Gasteiger partial charge in [-0.05, 0) is 25.5 Å². The smallest absolute Gasteiger partial charge is 0.311 e. The van der Waals surface area contributed by atoms with Crippen molar-refractivity contribution in [1.29, 1.82) is 0 Å². The summed E-state index contributed by atoms with van der Waals surface area (Å²) in [4.78, 5) is 0.338. The number of nitrogens with zero attached hydrogens (tertiary/aromatic N) is 1. The first kappa shape index (κ1) is 13.6. The zero-order chi connectivity index (χ0) is 13.7. The average Bonchev–Trinajstić information content (AvgIpc) is 2.82. The lowest BCUT2D eigenvalue weighted by molar-refractivity contribution is 0.214. The maximum atomic E-state index is 12.0. The highest BCUT2D eigenvalue weighted by atomic mass is 32.2. The van der Waals surface area contributed by atoms with E-state index in [0.717, 1.165) is 5.69 Å². The van der Waals surface area contributed by atoms with Crippen molar-refractivity contribution in [1.82, 2.24) is 5.16 Å². The lowest BCUT2D eigenvalue weighted by Crippen LogP contribution is -2.10. The van der Waals surface area contributed by atoms with Gasteiger partial charge in [0.25, 0.3) is 0 Å². The fourth-order valence-electron chi connectivity index (χ4n) is 1.58. The first-order valence-corrected chi connectivity index (χ1v) is 7.57. The summed E-state index contributed by atoms with van der Waals surface area (Å²) in [5.41, 5.74) is 0.729. The number of benzene rings is 1. The minimum atomic E-state index is -3.24. The molecule has 0 spiro atoms. The van der Waals surface area contributed by atoms with E-state index in [1.807, 2.05) is 0 Å². The van der Waals surface area contributed by atoms with Gasteiger partial charge in [0.1, 0.15) is 0 Å². The summed E-state index contributed by atoms with van der Waals surface area (Å²) in [6.07, 6.45) is 0.400. The predicted octanol–water partition coefficient (Wildman–Crippen LogP) is 2.23. The zero-order valence-corrected chi connectivity index (χ0v) is 11.4. The Kier molecular flexibility index (Phi) is 4.21. The van der Waals surface area contributed by atoms with Crippen LogP contribution in [0.4, 0.5) is 0 Å². The van der Waals surface area contributed by atoms with E-state index < -0.39 is 9.84 Å². The van der Waals surface area contributed by atoms with Crippen molar-refractivity contribution in [2.24, 2.45) is 0 Å². The van der Waals surface area contributed by atoms with E-state index in [1.165, 1.54) is 0 Å². The summed E-state index contributed by atoms with van der Waals surface area (Å²) in [5, 5.41) is 3.67. The fraction of sp³-hybridized carbons (Fsp3) is 0.308. The van der Waals surface area contributed by atoms with Crippen LogP contribution in [0.3, 0.4) is 0 Å². The van der Waals surface area contributed by atoms with Gasteiger partial charge in [-0.2, -0.15) is 0 Å². The van der Waals surface area contributed by atoms with Gasteiger partial charge in [-0.25, -0.2) is 8.42 Å². The summed E-state index contributed by atoms with van der Waals surface area (Å²) in [5.74, 6) is 0.360. The van der Waals surface area contributed by atoms with E-state index in [4.69, 9.17) is 9.26 Å². The van der Waals surface area contributed by atoms with Gasteiger partial charge in [0, 0.05) is 6.07 Å². The molecule has 0 saturated heterocycles. The van der Waals surface area contributed by atoms with Crippen LogP contribution < -0.4 is 4.74 Å². The summed E-state index contributed by atoms with van der Waals surface area (Å²) < 4.78 is 34.0. The lowest BCUT2D eigenvalue weighted by atomic mass is 10.4. The Labute approximate surface area is 112 Å². The molecule has 0 N–H and O–H groups in total. The van der Waals surface area contributed by atoms with E-state index in [9.17, 15) is 8.42 Å². The maximum Gasteiger partial charge on any atom is 0.311 e. The van der Waals surface area contributed by atoms with Crippen LogP contribution in [0.25, 0.3) is 0 Å². The van der Waals surface area contributed by atoms with Crippen LogP contribution in [0.5, 0.6) is 5.95 Å². The molecule has 0 bridgehead atoms. The SMILES string of the molecule is Cc1cc(OCCCS(=O)(=O)c2ccccc2)on1. The van der Waals surface area contributed by atoms with Gasteiger partial charge in [-0.15, -0.1) is 0 Å². The topological polar surface area (TPSA) is 69.4 Å². The number of aromatic nitrogens is 1. The molecule has 1 aromatic carbocycles. The van der Waals surface area contributed by atoms with Crippen LogP contribution in [-0.4, -0.2) is 25.9 Å². The molecule has 6 heteroatoms. The van der Waals surface area contributed by atoms with Crippen LogP contribution in [-0.2, 0) is 9.84 Å². The van der Waals surface area contributed by atoms with E-state index in [0.29, 0.717) is 17.3 Å². The molecule has 19 heavy (non-hydrogen) atoms. The fourth-order valence-corrected chi connectivity index (χ4v) is 2.88. The van der Waals surface area contributed by atoms with Gasteiger partial charge in [-0.3, -0.25) is 0 Å². The van der Waals surface area contributed by atoms with Crippen LogP contribution in [0.2, 0.25) is 0 Å². The van der Waals surface area contributed by atoms with Crippen molar-refractivity contribution in [3.05, 3.63) is 42.1 Å². The molecule has 5 nitrogen and oxygen atoms in total. The van der Waals surface area contributed by atoms with E-state index >= 15 is 0 Å². The number of sulfone groups is 1. The number of rotatable bonds is 6. The Bertz CT molecular complexity index is 619. The van der Waals surface area contributed by atoms with Gasteiger partial charge < -0.3 is 9.26 Å². The number of hydrogen-bond acceptors (Lipinski definition) is 5. The van der Waals surface area contributed by atoms with Crippen molar-refractivity contribution < 1.29 is 17.7 Å². The molecule has 0 saturated carbocycles. The predicted molar refractivity (Wildman–Crippen MR) is 69.8 cm³/mol. The standard InChI is InChI=1S/C13H15NO4S/c1-11-10-13(18-14-11)17-8-5-9-19(15,16)12-6-3-2-4-7-12/h2-4,6-7,10H,5,8-9H2,1H3. The Morgan fingerprint density at radius 1 is 1.26 bits per heavy atom. The van der Waals surface area contributed by atoms with Crippen LogP contribution in [0.15, 0.2) is 45.8 Å². The second-order valence-electron chi connectivity index (χ2n) is 4.12. The number of ether oxygens (including phenoxy) is 1. The Morgan fingerprint density at radius 3 is 2.63 bits per heavy atom. The summed E-state index contributed by atoms with van der Waals surface area (Å²) in [6.45, 7) is 2.07. The second kappa shape index (κ2) is 5.88. The second-order valence-corrected chi connectivity index (χ2v) is 6.23. The van der Waals surface area contributed by atoms with Crippen molar-refractivity contribution in [3.8, 4) is 5.95 Å². The highest BCUT2D eigenvalue weighted by molar-refractivity contribution is 7.91. The first-order chi connectivity index (χ1) is 9.08. The molecular weight excluding hydrogens is 266 g/mol. The molecule has 0 atom stereocenters. The minimum Gasteiger partial charge on any atom is -0.464 e. The van der Waals surface area contributed by atoms with Crippen LogP contribution in [0, 0.1) is 6.92 Å². The third kappa shape index (κ3) is 3.82. The molecular formula is C13H15NO4S. The maximum absolute atomic E-state index is 12.0. The third-order valence-corrected chi connectivity index (χ3v) is 4.33. The van der Waals surface area contributed by atoms with Gasteiger partial charge in [0.2, 0.25) is 0 Å². The van der Waals surface area contributed by atoms with Gasteiger partial charge in [-0.1, -0.05) is 23.4 Å². The quantitative estimate of drug-likeness (QED) is 0.759. The Morgan fingerprint density at radius 2 is 2.00 bits per heavy atom. The summed E-state index contributed by atoms with van der Waals surface area (Å²) in [6, 6.07) is 10.0. The van der Waals surface area contributed by atoms with E-state index in [2.05, 4.69) is 5.16 Å². The molecule has 0 aliphatic heterocycles. The van der Waals surface area contributed by atoms with Crippen molar-refractivity contribution in [2.75, 3.05) is 12.4 Å². The molecule has 2 rings (SSSR count). The lowest BCUT2D eigenvalue weighted by Gasteiger charge is -2.04. The third-order valence-electron chi connectivity index (χ3n) is 2.51. The number of hydrogen-bond donors (Lipinski definition) is 0. The van der Waals surface area contributed by atoms with Gasteiger partial charge >= 0.3 is 5.95 Å². The first-order valence-electron chi connectivity index (χ1n) is 5.92. The van der Waals surface area contributed by atoms with Gasteiger partial charge in [0.05, 0.1) is 22.9 Å². The monoisotopic (exact) mass is 281 g/mol. The van der Waals surface area contributed by atoms with Crippen molar-refractivity contribution in [3.63, 3.8) is 0 Å². The Balaban J connectivity index is 1.82. The van der Waals surface area contributed by atoms with Gasteiger partial charge in [0.15, 0.2) is 9.84 Å². The van der Waals surface area contributed by atoms with Crippen molar-refractivity contribution >= 4 is 9.84 Å².